The number of ether oxygens (including phenoxy) is 1. The van der Waals surface area contributed by atoms with Crippen molar-refractivity contribution in [2.75, 3.05) is 6.61 Å². The molecule has 0 bridgehead atoms. The van der Waals surface area contributed by atoms with E-state index in [0.29, 0.717) is 18.7 Å². The van der Waals surface area contributed by atoms with Gasteiger partial charge in [0.25, 0.3) is 5.91 Å². The Hall–Kier alpha value is -3.93. The Balaban J connectivity index is 1.56. The molecule has 0 atom stereocenters. The van der Waals surface area contributed by atoms with E-state index in [0.717, 1.165) is 35.1 Å². The zero-order valence-corrected chi connectivity index (χ0v) is 18.6. The third-order valence-corrected chi connectivity index (χ3v) is 5.46. The number of unbranched alkanes of at least 4 members (excludes halogenated alkanes) is 2. The largest absolute Gasteiger partial charge is 0.494 e. The fourth-order valence-corrected chi connectivity index (χ4v) is 3.68. The second-order valence-corrected chi connectivity index (χ2v) is 7.85. The van der Waals surface area contributed by atoms with Crippen LogP contribution in [0.4, 0.5) is 5.69 Å². The van der Waals surface area contributed by atoms with Crippen LogP contribution in [0.25, 0.3) is 10.9 Å². The smallest absolute Gasteiger partial charge is 0.295 e. The van der Waals surface area contributed by atoms with Crippen LogP contribution in [0.1, 0.15) is 42.1 Å². The van der Waals surface area contributed by atoms with Crippen molar-refractivity contribution in [2.45, 2.75) is 32.7 Å². The molecule has 0 saturated heterocycles. The molecule has 1 N–H and O–H groups in total. The van der Waals surface area contributed by atoms with Crippen LogP contribution >= 0.6 is 0 Å². The maximum absolute atomic E-state index is 12.3. The van der Waals surface area contributed by atoms with Crippen LogP contribution in [0.5, 0.6) is 11.6 Å². The van der Waals surface area contributed by atoms with Crippen LogP contribution in [0.2, 0.25) is 0 Å². The van der Waals surface area contributed by atoms with Crippen molar-refractivity contribution in [1.82, 2.24) is 4.57 Å². The average molecular weight is 442 g/mol. The van der Waals surface area contributed by atoms with Gasteiger partial charge >= 0.3 is 0 Å². The van der Waals surface area contributed by atoms with E-state index in [1.807, 2.05) is 54.6 Å². The zero-order valence-electron chi connectivity index (χ0n) is 18.6. The minimum atomic E-state index is -0.457. The molecule has 168 valence electrons. The van der Waals surface area contributed by atoms with Crippen molar-refractivity contribution in [1.29, 1.82) is 0 Å². The summed E-state index contributed by atoms with van der Waals surface area (Å²) in [5, 5.41) is 19.6. The van der Waals surface area contributed by atoms with E-state index in [4.69, 9.17) is 4.74 Å². The van der Waals surface area contributed by atoms with E-state index >= 15 is 0 Å². The maximum atomic E-state index is 12.3. The van der Waals surface area contributed by atoms with Crippen LogP contribution in [-0.2, 0) is 6.54 Å². The van der Waals surface area contributed by atoms with Gasteiger partial charge in [-0.3, -0.25) is 4.79 Å². The molecule has 4 rings (SSSR count). The lowest BCUT2D eigenvalue weighted by Gasteiger charge is -2.09. The summed E-state index contributed by atoms with van der Waals surface area (Å²) in [7, 11) is 0. The van der Waals surface area contributed by atoms with Gasteiger partial charge in [-0.15, -0.1) is 10.2 Å². The van der Waals surface area contributed by atoms with E-state index in [9.17, 15) is 9.90 Å². The van der Waals surface area contributed by atoms with Gasteiger partial charge in [0.2, 0.25) is 5.88 Å². The zero-order chi connectivity index (χ0) is 23.0. The van der Waals surface area contributed by atoms with Gasteiger partial charge in [-0.2, -0.15) is 0 Å². The van der Waals surface area contributed by atoms with Crippen molar-refractivity contribution in [3.05, 3.63) is 90.0 Å². The molecule has 6 heteroatoms. The molecule has 0 fully saturated rings. The summed E-state index contributed by atoms with van der Waals surface area (Å²) >= 11 is 0. The molecular weight excluding hydrogens is 414 g/mol. The summed E-state index contributed by atoms with van der Waals surface area (Å²) < 4.78 is 7.56. The Morgan fingerprint density at radius 1 is 0.939 bits per heavy atom. The Morgan fingerprint density at radius 3 is 2.42 bits per heavy atom. The highest BCUT2D eigenvalue weighted by Gasteiger charge is 2.17. The topological polar surface area (TPSA) is 76.2 Å². The summed E-state index contributed by atoms with van der Waals surface area (Å²) in [4.78, 5) is 12.3. The third-order valence-electron chi connectivity index (χ3n) is 5.46. The molecule has 0 spiro atoms. The molecule has 1 aromatic heterocycles. The number of amides is 1. The lowest BCUT2D eigenvalue weighted by molar-refractivity contribution is 0.0995. The number of carbonyl (C=O) groups is 1. The van der Waals surface area contributed by atoms with Gasteiger partial charge in [-0.1, -0.05) is 68.3 Å². The highest BCUT2D eigenvalue weighted by Crippen LogP contribution is 2.39. The van der Waals surface area contributed by atoms with E-state index in [1.165, 1.54) is 6.42 Å². The number of hydrogen-bond donors (Lipinski definition) is 1. The number of azo groups is 1. The SMILES string of the molecule is CCCCCOc1ccc(Cn2c(O)c(N=NC(=O)c3ccccc3)c3ccccc32)cc1. The summed E-state index contributed by atoms with van der Waals surface area (Å²) in [5.41, 5.74) is 2.55. The summed E-state index contributed by atoms with van der Waals surface area (Å²) in [6, 6.07) is 24.2. The molecule has 0 aliphatic rings. The van der Waals surface area contributed by atoms with E-state index in [2.05, 4.69) is 17.2 Å². The first-order valence-corrected chi connectivity index (χ1v) is 11.2. The van der Waals surface area contributed by atoms with E-state index in [1.54, 1.807) is 28.8 Å². The van der Waals surface area contributed by atoms with E-state index < -0.39 is 5.91 Å². The normalized spacial score (nSPS) is 11.3. The van der Waals surface area contributed by atoms with Crippen molar-refractivity contribution in [2.24, 2.45) is 10.2 Å². The molecule has 3 aromatic carbocycles. The number of aromatic hydroxyl groups is 1. The minimum absolute atomic E-state index is 0.0271. The molecule has 1 heterocycles. The average Bonchev–Trinajstić information content (AvgIpc) is 3.12. The number of rotatable bonds is 9. The minimum Gasteiger partial charge on any atom is -0.494 e. The summed E-state index contributed by atoms with van der Waals surface area (Å²) in [6.45, 7) is 3.33. The predicted octanol–water partition coefficient (Wildman–Crippen LogP) is 6.89. The van der Waals surface area contributed by atoms with Gasteiger partial charge < -0.3 is 14.4 Å². The molecule has 33 heavy (non-hydrogen) atoms. The number of benzene rings is 3. The molecule has 6 nitrogen and oxygen atoms in total. The van der Waals surface area contributed by atoms with Gasteiger partial charge in [0.1, 0.15) is 5.75 Å². The van der Waals surface area contributed by atoms with Gasteiger partial charge in [0, 0.05) is 10.9 Å². The molecule has 0 radical (unpaired) electrons. The molecule has 0 aliphatic heterocycles. The van der Waals surface area contributed by atoms with Crippen LogP contribution < -0.4 is 4.74 Å². The van der Waals surface area contributed by atoms with Crippen LogP contribution in [0.3, 0.4) is 0 Å². The second-order valence-electron chi connectivity index (χ2n) is 7.85. The van der Waals surface area contributed by atoms with Crippen LogP contribution in [0.15, 0.2) is 89.1 Å². The second kappa shape index (κ2) is 10.6. The fourth-order valence-electron chi connectivity index (χ4n) is 3.68. The van der Waals surface area contributed by atoms with Crippen LogP contribution in [-0.4, -0.2) is 22.2 Å². The van der Waals surface area contributed by atoms with Crippen molar-refractivity contribution >= 4 is 22.5 Å². The number of carbonyl (C=O) groups excluding carboxylic acids is 1. The molecule has 0 unspecified atom stereocenters. The highest BCUT2D eigenvalue weighted by atomic mass is 16.5. The summed E-state index contributed by atoms with van der Waals surface area (Å²) in [5.74, 6) is 0.354. The first-order valence-electron chi connectivity index (χ1n) is 11.2. The number of nitrogens with zero attached hydrogens (tertiary/aromatic N) is 3. The van der Waals surface area contributed by atoms with Crippen molar-refractivity contribution < 1.29 is 14.6 Å². The molecule has 0 aliphatic carbocycles. The number of fused-ring (bicyclic) bond motifs is 1. The molecule has 4 aromatic rings. The van der Waals surface area contributed by atoms with Crippen molar-refractivity contribution in [3.63, 3.8) is 0 Å². The van der Waals surface area contributed by atoms with Gasteiger partial charge in [-0.25, -0.2) is 0 Å². The summed E-state index contributed by atoms with van der Waals surface area (Å²) in [6.07, 6.45) is 3.37. The van der Waals surface area contributed by atoms with Crippen LogP contribution in [0, 0.1) is 0 Å². The lowest BCUT2D eigenvalue weighted by atomic mass is 10.2. The first kappa shape index (κ1) is 22.3. The lowest BCUT2D eigenvalue weighted by Crippen LogP contribution is -2.00. The number of hydrogen-bond acceptors (Lipinski definition) is 4. The maximum Gasteiger partial charge on any atom is 0.295 e. The van der Waals surface area contributed by atoms with Gasteiger partial charge in [-0.05, 0) is 42.3 Å². The predicted molar refractivity (Wildman–Crippen MR) is 129 cm³/mol. The quantitative estimate of drug-likeness (QED) is 0.227. The Bertz CT molecular complexity index is 1250. The van der Waals surface area contributed by atoms with Crippen molar-refractivity contribution in [3.8, 4) is 11.6 Å². The Kier molecular flexibility index (Phi) is 7.15. The Labute approximate surface area is 193 Å². The molecular formula is C27H27N3O3. The van der Waals surface area contributed by atoms with Gasteiger partial charge in [0.05, 0.1) is 18.7 Å². The number of aromatic nitrogens is 1. The highest BCUT2D eigenvalue weighted by molar-refractivity contribution is 5.97. The number of para-hydroxylation sites is 1. The third kappa shape index (κ3) is 5.29. The fraction of sp³-hybridized carbons (Fsp3) is 0.222. The Morgan fingerprint density at radius 2 is 1.67 bits per heavy atom. The molecule has 1 amide bonds. The standard InChI is InChI=1S/C27H27N3O3/c1-2-3-9-18-33-22-16-14-20(15-17-22)19-30-24-13-8-7-12-23(24)25(27(30)32)28-29-26(31)21-10-5-4-6-11-21/h4-8,10-17,32H,2-3,9,18-19H2,1H3. The first-order chi connectivity index (χ1) is 16.2. The monoisotopic (exact) mass is 441 g/mol. The van der Waals surface area contributed by atoms with E-state index in [-0.39, 0.29) is 11.6 Å². The molecule has 0 saturated carbocycles. The van der Waals surface area contributed by atoms with Gasteiger partial charge in [0.15, 0.2) is 5.69 Å².